The molecule has 0 bridgehead atoms. The van der Waals surface area contributed by atoms with Gasteiger partial charge in [-0.2, -0.15) is 0 Å². The van der Waals surface area contributed by atoms with Crippen molar-refractivity contribution < 1.29 is 17.6 Å². The number of hydrogen-bond donors (Lipinski definition) is 1. The summed E-state index contributed by atoms with van der Waals surface area (Å²) in [5.41, 5.74) is 1.25. The molecule has 3 rings (SSSR count). The second-order valence-corrected chi connectivity index (χ2v) is 9.59. The number of halogens is 2. The summed E-state index contributed by atoms with van der Waals surface area (Å²) in [6.45, 7) is 1.06. The zero-order valence-corrected chi connectivity index (χ0v) is 17.6. The summed E-state index contributed by atoms with van der Waals surface area (Å²) in [6.07, 6.45) is 1.63. The van der Waals surface area contributed by atoms with Gasteiger partial charge in [0.15, 0.2) is 0 Å². The summed E-state index contributed by atoms with van der Waals surface area (Å²) in [6, 6.07) is 13.4. The average Bonchev–Trinajstić information content (AvgIpc) is 2.71. The number of benzene rings is 2. The lowest BCUT2D eigenvalue weighted by Crippen LogP contribution is -2.43. The number of nitrogens with one attached hydrogen (secondary N) is 1. The Labute approximate surface area is 175 Å². The maximum Gasteiger partial charge on any atom is 0.223 e. The standard InChI is InChI=1S/C21H24ClFN2O3S/c22-19-7-5-16(6-8-19)9-12-24-21(26)17-10-13-25(14-11-17)29(27,28)15-18-3-1-2-4-20(18)23/h1-8,17H,9-15H2,(H,24,26). The van der Waals surface area contributed by atoms with Gasteiger partial charge in [-0.05, 0) is 43.0 Å². The molecule has 0 saturated carbocycles. The van der Waals surface area contributed by atoms with E-state index < -0.39 is 15.8 Å². The predicted octanol–water partition coefficient (Wildman–Crippen LogP) is 3.38. The van der Waals surface area contributed by atoms with Crippen molar-refractivity contribution >= 4 is 27.5 Å². The summed E-state index contributed by atoms with van der Waals surface area (Å²) in [5, 5.41) is 3.60. The highest BCUT2D eigenvalue weighted by molar-refractivity contribution is 7.88. The summed E-state index contributed by atoms with van der Waals surface area (Å²) in [4.78, 5) is 12.4. The third-order valence-corrected chi connectivity index (χ3v) is 7.22. The van der Waals surface area contributed by atoms with E-state index in [0.717, 1.165) is 5.56 Å². The van der Waals surface area contributed by atoms with Crippen molar-refractivity contribution in [2.45, 2.75) is 25.0 Å². The third kappa shape index (κ3) is 6.01. The topological polar surface area (TPSA) is 66.5 Å². The molecule has 0 aliphatic carbocycles. The molecule has 1 aliphatic rings. The summed E-state index contributed by atoms with van der Waals surface area (Å²) in [5.74, 6) is -1.14. The molecule has 0 atom stereocenters. The highest BCUT2D eigenvalue weighted by Gasteiger charge is 2.31. The van der Waals surface area contributed by atoms with E-state index in [1.807, 2.05) is 24.3 Å². The van der Waals surface area contributed by atoms with Crippen LogP contribution in [-0.4, -0.2) is 38.3 Å². The van der Waals surface area contributed by atoms with E-state index in [2.05, 4.69) is 5.32 Å². The Morgan fingerprint density at radius 3 is 2.41 bits per heavy atom. The molecule has 2 aromatic rings. The second-order valence-electron chi connectivity index (χ2n) is 7.19. The molecule has 1 saturated heterocycles. The monoisotopic (exact) mass is 438 g/mol. The summed E-state index contributed by atoms with van der Waals surface area (Å²) < 4.78 is 40.3. The van der Waals surface area contributed by atoms with Crippen molar-refractivity contribution in [1.82, 2.24) is 9.62 Å². The molecule has 156 valence electrons. The maximum atomic E-state index is 13.8. The number of sulfonamides is 1. The lowest BCUT2D eigenvalue weighted by Gasteiger charge is -2.30. The van der Waals surface area contributed by atoms with Crippen LogP contribution >= 0.6 is 11.6 Å². The fourth-order valence-corrected chi connectivity index (χ4v) is 5.13. The molecule has 0 aromatic heterocycles. The van der Waals surface area contributed by atoms with Crippen LogP contribution in [0.25, 0.3) is 0 Å². The minimum Gasteiger partial charge on any atom is -0.356 e. The molecule has 0 unspecified atom stereocenters. The largest absolute Gasteiger partial charge is 0.356 e. The number of nitrogens with zero attached hydrogens (tertiary/aromatic N) is 1. The van der Waals surface area contributed by atoms with Crippen molar-refractivity contribution in [2.75, 3.05) is 19.6 Å². The molecule has 1 amide bonds. The van der Waals surface area contributed by atoms with Gasteiger partial charge in [-0.25, -0.2) is 17.1 Å². The molecule has 29 heavy (non-hydrogen) atoms. The zero-order chi connectivity index (χ0) is 20.9. The first kappa shape index (κ1) is 21.7. The number of rotatable bonds is 7. The van der Waals surface area contributed by atoms with Crippen molar-refractivity contribution in [3.8, 4) is 0 Å². The van der Waals surface area contributed by atoms with E-state index in [1.165, 1.54) is 22.5 Å². The first-order valence-electron chi connectivity index (χ1n) is 9.58. The van der Waals surface area contributed by atoms with E-state index in [0.29, 0.717) is 30.8 Å². The maximum absolute atomic E-state index is 13.8. The first-order valence-corrected chi connectivity index (χ1v) is 11.6. The Balaban J connectivity index is 1.46. The SMILES string of the molecule is O=C(NCCc1ccc(Cl)cc1)C1CCN(S(=O)(=O)Cc2ccccc2F)CC1. The summed E-state index contributed by atoms with van der Waals surface area (Å²) in [7, 11) is -3.61. The Bertz CT molecular complexity index is 943. The van der Waals surface area contributed by atoms with E-state index in [9.17, 15) is 17.6 Å². The van der Waals surface area contributed by atoms with Gasteiger partial charge in [-0.1, -0.05) is 41.9 Å². The lowest BCUT2D eigenvalue weighted by molar-refractivity contribution is -0.126. The highest BCUT2D eigenvalue weighted by Crippen LogP contribution is 2.22. The molecule has 1 aliphatic heterocycles. The van der Waals surface area contributed by atoms with Gasteiger partial charge in [0.1, 0.15) is 5.82 Å². The molecule has 1 N–H and O–H groups in total. The second kappa shape index (κ2) is 9.69. The lowest BCUT2D eigenvalue weighted by atomic mass is 9.97. The van der Waals surface area contributed by atoms with Crippen molar-refractivity contribution in [2.24, 2.45) is 5.92 Å². The van der Waals surface area contributed by atoms with E-state index in [1.54, 1.807) is 6.07 Å². The molecule has 8 heteroatoms. The van der Waals surface area contributed by atoms with Gasteiger partial charge in [0.05, 0.1) is 5.75 Å². The molecule has 1 heterocycles. The molecule has 5 nitrogen and oxygen atoms in total. The van der Waals surface area contributed by atoms with Crippen LogP contribution in [0.3, 0.4) is 0 Å². The van der Waals surface area contributed by atoms with Gasteiger partial charge >= 0.3 is 0 Å². The molecular weight excluding hydrogens is 415 g/mol. The predicted molar refractivity (Wildman–Crippen MR) is 111 cm³/mol. The molecule has 0 radical (unpaired) electrons. The average molecular weight is 439 g/mol. The van der Waals surface area contributed by atoms with Gasteiger partial charge in [0.25, 0.3) is 0 Å². The molecule has 0 spiro atoms. The highest BCUT2D eigenvalue weighted by atomic mass is 35.5. The number of hydrogen-bond acceptors (Lipinski definition) is 3. The van der Waals surface area contributed by atoms with Gasteiger partial charge in [0, 0.05) is 36.1 Å². The van der Waals surface area contributed by atoms with Crippen LogP contribution in [0.2, 0.25) is 5.02 Å². The molecule has 2 aromatic carbocycles. The van der Waals surface area contributed by atoms with Gasteiger partial charge in [-0.3, -0.25) is 4.79 Å². The number of amides is 1. The Morgan fingerprint density at radius 2 is 1.76 bits per heavy atom. The van der Waals surface area contributed by atoms with Gasteiger partial charge < -0.3 is 5.32 Å². The van der Waals surface area contributed by atoms with Crippen molar-refractivity contribution in [3.05, 3.63) is 70.5 Å². The van der Waals surface area contributed by atoms with Gasteiger partial charge in [0.2, 0.25) is 15.9 Å². The normalized spacial score (nSPS) is 15.9. The number of carbonyl (C=O) groups excluding carboxylic acids is 1. The van der Waals surface area contributed by atoms with Crippen LogP contribution in [-0.2, 0) is 27.0 Å². The van der Waals surface area contributed by atoms with Crippen molar-refractivity contribution in [1.29, 1.82) is 0 Å². The molecular formula is C21H24ClFN2O3S. The third-order valence-electron chi connectivity index (χ3n) is 5.14. The number of piperidine rings is 1. The van der Waals surface area contributed by atoms with Crippen LogP contribution in [0.1, 0.15) is 24.0 Å². The summed E-state index contributed by atoms with van der Waals surface area (Å²) >= 11 is 5.86. The Kier molecular flexibility index (Phi) is 7.27. The molecule has 1 fully saturated rings. The minimum atomic E-state index is -3.61. The van der Waals surface area contributed by atoms with E-state index in [-0.39, 0.29) is 36.2 Å². The van der Waals surface area contributed by atoms with Crippen LogP contribution in [0.5, 0.6) is 0 Å². The van der Waals surface area contributed by atoms with Gasteiger partial charge in [-0.15, -0.1) is 0 Å². The zero-order valence-electron chi connectivity index (χ0n) is 16.0. The van der Waals surface area contributed by atoms with Crippen LogP contribution in [0, 0.1) is 11.7 Å². The fraction of sp³-hybridized carbons (Fsp3) is 0.381. The van der Waals surface area contributed by atoms with Crippen LogP contribution < -0.4 is 5.32 Å². The van der Waals surface area contributed by atoms with Crippen LogP contribution in [0.15, 0.2) is 48.5 Å². The minimum absolute atomic E-state index is 0.0508. The van der Waals surface area contributed by atoms with Crippen molar-refractivity contribution in [3.63, 3.8) is 0 Å². The van der Waals surface area contributed by atoms with Crippen LogP contribution in [0.4, 0.5) is 4.39 Å². The quantitative estimate of drug-likeness (QED) is 0.720. The van der Waals surface area contributed by atoms with E-state index >= 15 is 0 Å². The smallest absolute Gasteiger partial charge is 0.223 e. The first-order chi connectivity index (χ1) is 13.8. The Morgan fingerprint density at radius 1 is 1.10 bits per heavy atom. The fourth-order valence-electron chi connectivity index (χ4n) is 3.42. The Hall–Kier alpha value is -1.96. The van der Waals surface area contributed by atoms with E-state index in [4.69, 9.17) is 11.6 Å². The number of carbonyl (C=O) groups is 1.